The molecule has 7 heteroatoms. The molecular weight excluding hydrogens is 390 g/mol. The highest BCUT2D eigenvalue weighted by Crippen LogP contribution is 2.25. The second-order valence-corrected chi connectivity index (χ2v) is 7.02. The summed E-state index contributed by atoms with van der Waals surface area (Å²) < 4.78 is 2.00. The minimum absolute atomic E-state index is 0.114. The molecule has 7 nitrogen and oxygen atoms in total. The zero-order chi connectivity index (χ0) is 21.8. The van der Waals surface area contributed by atoms with E-state index in [0.717, 1.165) is 22.3 Å². The van der Waals surface area contributed by atoms with Crippen molar-refractivity contribution in [2.75, 3.05) is 19.4 Å². The molecule has 0 unspecified atom stereocenters. The summed E-state index contributed by atoms with van der Waals surface area (Å²) in [6, 6.07) is 22.7. The average molecular weight is 413 g/mol. The van der Waals surface area contributed by atoms with Crippen molar-refractivity contribution in [2.45, 2.75) is 6.54 Å². The zero-order valence-electron chi connectivity index (χ0n) is 17.3. The molecule has 4 aromatic rings. The van der Waals surface area contributed by atoms with Crippen molar-refractivity contribution in [2.24, 2.45) is 0 Å². The Morgan fingerprint density at radius 3 is 2.29 bits per heavy atom. The van der Waals surface area contributed by atoms with E-state index in [2.05, 4.69) is 16.0 Å². The number of aromatic nitrogens is 2. The number of anilines is 1. The van der Waals surface area contributed by atoms with E-state index in [1.807, 2.05) is 59.2 Å². The summed E-state index contributed by atoms with van der Waals surface area (Å²) in [5.41, 5.74) is 4.84. The van der Waals surface area contributed by atoms with Crippen LogP contribution in [0.3, 0.4) is 0 Å². The smallest absolute Gasteiger partial charge is 0.251 e. The fourth-order valence-corrected chi connectivity index (χ4v) is 3.44. The van der Waals surface area contributed by atoms with Crippen molar-refractivity contribution in [3.63, 3.8) is 0 Å². The van der Waals surface area contributed by atoms with E-state index in [-0.39, 0.29) is 11.8 Å². The lowest BCUT2D eigenvalue weighted by Gasteiger charge is -2.12. The molecule has 0 atom stereocenters. The maximum atomic E-state index is 12.1. The van der Waals surface area contributed by atoms with Gasteiger partial charge >= 0.3 is 0 Å². The van der Waals surface area contributed by atoms with Crippen LogP contribution >= 0.6 is 0 Å². The number of benzene rings is 3. The Bertz CT molecular complexity index is 1240. The number of carbonyl (C=O) groups is 2. The van der Waals surface area contributed by atoms with Gasteiger partial charge < -0.3 is 16.0 Å². The van der Waals surface area contributed by atoms with Crippen molar-refractivity contribution in [3.05, 3.63) is 89.5 Å². The van der Waals surface area contributed by atoms with Gasteiger partial charge in [0.1, 0.15) is 0 Å². The standard InChI is InChI=1S/C24H23N5O2/c1-25-22(30)17-12-10-16(11-13-17)15-27-24-28-20-8-3-4-9-21(20)29(24)19-7-5-6-18(14-19)23(31)26-2/h3-14H,15H2,1-2H3,(H,25,30)(H,26,31)(H,27,28). The Morgan fingerprint density at radius 1 is 0.839 bits per heavy atom. The number of imidazole rings is 1. The first-order valence-electron chi connectivity index (χ1n) is 9.95. The Labute approximate surface area is 180 Å². The molecule has 4 rings (SSSR count). The molecule has 0 radical (unpaired) electrons. The van der Waals surface area contributed by atoms with E-state index in [0.29, 0.717) is 23.6 Å². The van der Waals surface area contributed by atoms with Crippen LogP contribution in [-0.4, -0.2) is 35.5 Å². The molecule has 156 valence electrons. The molecule has 0 saturated heterocycles. The Hall–Kier alpha value is -4.13. The summed E-state index contributed by atoms with van der Waals surface area (Å²) in [6.45, 7) is 0.534. The Balaban J connectivity index is 1.67. The number of carbonyl (C=O) groups excluding carboxylic acids is 2. The third-order valence-corrected chi connectivity index (χ3v) is 5.05. The number of nitrogens with one attached hydrogen (secondary N) is 3. The first-order valence-corrected chi connectivity index (χ1v) is 9.95. The third kappa shape index (κ3) is 4.11. The monoisotopic (exact) mass is 413 g/mol. The average Bonchev–Trinajstić information content (AvgIpc) is 3.20. The summed E-state index contributed by atoms with van der Waals surface area (Å²) >= 11 is 0. The maximum Gasteiger partial charge on any atom is 0.251 e. The maximum absolute atomic E-state index is 12.1. The normalized spacial score (nSPS) is 10.6. The van der Waals surface area contributed by atoms with E-state index in [1.165, 1.54) is 0 Å². The van der Waals surface area contributed by atoms with Gasteiger partial charge in [0.2, 0.25) is 5.95 Å². The molecule has 2 amide bonds. The van der Waals surface area contributed by atoms with Gasteiger partial charge in [-0.25, -0.2) is 4.98 Å². The van der Waals surface area contributed by atoms with Crippen molar-refractivity contribution in [1.29, 1.82) is 0 Å². The number of amides is 2. The quantitative estimate of drug-likeness (QED) is 0.452. The minimum Gasteiger partial charge on any atom is -0.355 e. The number of fused-ring (bicyclic) bond motifs is 1. The SMILES string of the molecule is CNC(=O)c1ccc(CNc2nc3ccccc3n2-c2cccc(C(=O)NC)c2)cc1. The van der Waals surface area contributed by atoms with Crippen LogP contribution in [0.1, 0.15) is 26.3 Å². The molecule has 0 aliphatic heterocycles. The second-order valence-electron chi connectivity index (χ2n) is 7.02. The fourth-order valence-electron chi connectivity index (χ4n) is 3.44. The summed E-state index contributed by atoms with van der Waals surface area (Å²) in [4.78, 5) is 28.6. The Kier molecular flexibility index (Phi) is 5.66. The summed E-state index contributed by atoms with van der Waals surface area (Å²) in [5.74, 6) is 0.417. The van der Waals surface area contributed by atoms with Crippen LogP contribution in [0.4, 0.5) is 5.95 Å². The molecule has 0 spiro atoms. The van der Waals surface area contributed by atoms with Crippen LogP contribution < -0.4 is 16.0 Å². The second kappa shape index (κ2) is 8.71. The van der Waals surface area contributed by atoms with Crippen LogP contribution in [0, 0.1) is 0 Å². The predicted octanol–water partition coefficient (Wildman–Crippen LogP) is 3.36. The van der Waals surface area contributed by atoms with Gasteiger partial charge in [0, 0.05) is 37.5 Å². The molecule has 0 fully saturated rings. The fraction of sp³-hybridized carbons (Fsp3) is 0.125. The van der Waals surface area contributed by atoms with Gasteiger partial charge in [-0.2, -0.15) is 0 Å². The minimum atomic E-state index is -0.142. The van der Waals surface area contributed by atoms with Crippen molar-refractivity contribution < 1.29 is 9.59 Å². The highest BCUT2D eigenvalue weighted by molar-refractivity contribution is 5.95. The first kappa shape index (κ1) is 20.2. The van der Waals surface area contributed by atoms with Crippen LogP contribution in [0.15, 0.2) is 72.8 Å². The molecule has 1 heterocycles. The van der Waals surface area contributed by atoms with E-state index >= 15 is 0 Å². The van der Waals surface area contributed by atoms with Crippen LogP contribution in [0.25, 0.3) is 16.7 Å². The number of nitrogens with zero attached hydrogens (tertiary/aromatic N) is 2. The van der Waals surface area contributed by atoms with E-state index in [4.69, 9.17) is 4.98 Å². The highest BCUT2D eigenvalue weighted by Gasteiger charge is 2.14. The number of para-hydroxylation sites is 2. The molecular formula is C24H23N5O2. The highest BCUT2D eigenvalue weighted by atomic mass is 16.2. The topological polar surface area (TPSA) is 88.1 Å². The van der Waals surface area contributed by atoms with Crippen LogP contribution in [-0.2, 0) is 6.54 Å². The van der Waals surface area contributed by atoms with Crippen molar-refractivity contribution in [3.8, 4) is 5.69 Å². The molecule has 3 N–H and O–H groups in total. The number of hydrogen-bond acceptors (Lipinski definition) is 4. The van der Waals surface area contributed by atoms with Gasteiger partial charge in [-0.05, 0) is 48.0 Å². The molecule has 0 saturated carbocycles. The van der Waals surface area contributed by atoms with Gasteiger partial charge in [-0.15, -0.1) is 0 Å². The van der Waals surface area contributed by atoms with Crippen LogP contribution in [0.2, 0.25) is 0 Å². The van der Waals surface area contributed by atoms with Crippen molar-refractivity contribution >= 4 is 28.8 Å². The lowest BCUT2D eigenvalue weighted by atomic mass is 10.1. The largest absolute Gasteiger partial charge is 0.355 e. The summed E-state index contributed by atoms with van der Waals surface area (Å²) in [5, 5.41) is 8.67. The van der Waals surface area contributed by atoms with Gasteiger partial charge in [0.25, 0.3) is 11.8 Å². The number of rotatable bonds is 6. The zero-order valence-corrected chi connectivity index (χ0v) is 17.3. The van der Waals surface area contributed by atoms with Gasteiger partial charge in [-0.1, -0.05) is 30.3 Å². The third-order valence-electron chi connectivity index (χ3n) is 5.05. The molecule has 0 aliphatic carbocycles. The molecule has 0 bridgehead atoms. The van der Waals surface area contributed by atoms with E-state index in [9.17, 15) is 9.59 Å². The number of hydrogen-bond donors (Lipinski definition) is 3. The molecule has 31 heavy (non-hydrogen) atoms. The summed E-state index contributed by atoms with van der Waals surface area (Å²) in [6.07, 6.45) is 0. The summed E-state index contributed by atoms with van der Waals surface area (Å²) in [7, 11) is 3.23. The van der Waals surface area contributed by atoms with E-state index in [1.54, 1.807) is 32.3 Å². The van der Waals surface area contributed by atoms with Gasteiger partial charge in [0.15, 0.2) is 0 Å². The van der Waals surface area contributed by atoms with Gasteiger partial charge in [-0.3, -0.25) is 14.2 Å². The lowest BCUT2D eigenvalue weighted by Crippen LogP contribution is -2.18. The molecule has 3 aromatic carbocycles. The van der Waals surface area contributed by atoms with Gasteiger partial charge in [0.05, 0.1) is 11.0 Å². The lowest BCUT2D eigenvalue weighted by molar-refractivity contribution is 0.0955. The Morgan fingerprint density at radius 2 is 1.55 bits per heavy atom. The first-order chi connectivity index (χ1) is 15.1. The molecule has 0 aliphatic rings. The molecule has 1 aromatic heterocycles. The van der Waals surface area contributed by atoms with E-state index < -0.39 is 0 Å². The van der Waals surface area contributed by atoms with Crippen LogP contribution in [0.5, 0.6) is 0 Å². The van der Waals surface area contributed by atoms with Crippen molar-refractivity contribution in [1.82, 2.24) is 20.2 Å². The predicted molar refractivity (Wildman–Crippen MR) is 122 cm³/mol.